The molecule has 1 aromatic rings. The molecule has 0 radical (unpaired) electrons. The first-order chi connectivity index (χ1) is 29.4. The molecule has 4 aliphatic carbocycles. The van der Waals surface area contributed by atoms with E-state index in [2.05, 4.69) is 23.6 Å². The maximum atomic E-state index is 15.2. The predicted octanol–water partition coefficient (Wildman–Crippen LogP) is 7.10. The summed E-state index contributed by atoms with van der Waals surface area (Å²) in [5.41, 5.74) is -0.850. The van der Waals surface area contributed by atoms with Crippen molar-refractivity contribution in [3.8, 4) is 5.75 Å². The molecule has 2 saturated heterocycles. The van der Waals surface area contributed by atoms with Crippen molar-refractivity contribution in [1.82, 2.24) is 10.6 Å². The van der Waals surface area contributed by atoms with Gasteiger partial charge in [-0.1, -0.05) is 87.7 Å². The number of hydrogen-bond donors (Lipinski definition) is 6. The van der Waals surface area contributed by atoms with Crippen LogP contribution in [-0.2, 0) is 23.8 Å². The number of carbonyl (C=O) groups is 3. The summed E-state index contributed by atoms with van der Waals surface area (Å²) in [6, 6.07) is 2.17. The van der Waals surface area contributed by atoms with Gasteiger partial charge >= 0.3 is 5.97 Å². The number of amides is 1. The Hall–Kier alpha value is -3.78. The normalized spacial score (nSPS) is 42.1. The number of aromatic hydroxyl groups is 1. The molecule has 2 aliphatic heterocycles. The third-order valence-electron chi connectivity index (χ3n) is 15.1. The van der Waals surface area contributed by atoms with E-state index in [-0.39, 0.29) is 46.9 Å². The summed E-state index contributed by atoms with van der Waals surface area (Å²) in [5, 5.41) is 52.5. The van der Waals surface area contributed by atoms with E-state index >= 15 is 4.79 Å². The minimum absolute atomic E-state index is 0.0320. The number of Topliss-reactive ketones (excluding diaryl/α,β-unsaturated/α-hetero) is 1. The lowest BCUT2D eigenvalue weighted by Crippen LogP contribution is -2.60. The number of allylic oxidation sites excluding steroid dienone is 4. The topological polar surface area (TPSA) is 184 Å². The van der Waals surface area contributed by atoms with Crippen LogP contribution in [0.3, 0.4) is 0 Å². The molecule has 338 valence electrons. The molecule has 62 heavy (non-hydrogen) atoms. The van der Waals surface area contributed by atoms with Crippen LogP contribution in [0.15, 0.2) is 71.1 Å². The molecule has 0 aromatic heterocycles. The van der Waals surface area contributed by atoms with Crippen molar-refractivity contribution in [2.75, 3.05) is 7.05 Å². The Kier molecular flexibility index (Phi) is 13.4. The van der Waals surface area contributed by atoms with Gasteiger partial charge in [0.05, 0.1) is 36.0 Å². The Balaban J connectivity index is 1.28. The van der Waals surface area contributed by atoms with Gasteiger partial charge in [-0.3, -0.25) is 9.59 Å². The van der Waals surface area contributed by atoms with E-state index in [1.165, 1.54) is 6.07 Å². The minimum atomic E-state index is -1.59. The minimum Gasteiger partial charge on any atom is -0.511 e. The third kappa shape index (κ3) is 7.91. The lowest BCUT2D eigenvalue weighted by Gasteiger charge is -2.56. The zero-order valence-corrected chi connectivity index (χ0v) is 37.9. The molecule has 1 amide bonds. The summed E-state index contributed by atoms with van der Waals surface area (Å²) in [5.74, 6) is -4.66. The van der Waals surface area contributed by atoms with Crippen molar-refractivity contribution in [2.24, 2.45) is 40.9 Å². The smallest absolute Gasteiger partial charge is 0.346 e. The van der Waals surface area contributed by atoms with E-state index in [0.29, 0.717) is 36.3 Å². The fraction of sp³-hybridized carbons (Fsp3) is 0.612. The van der Waals surface area contributed by atoms with Crippen molar-refractivity contribution in [1.29, 1.82) is 0 Å². The maximum Gasteiger partial charge on any atom is 0.346 e. The number of likely N-dealkylation sites (N-methyl/N-ethyl adjacent to an activating group) is 1. The first-order valence-corrected chi connectivity index (χ1v) is 22.9. The molecule has 11 unspecified atom stereocenters. The number of ketones is 1. The zero-order valence-electron chi connectivity index (χ0n) is 37.2. The molecule has 1 spiro atoms. The van der Waals surface area contributed by atoms with Crippen molar-refractivity contribution in [3.05, 3.63) is 87.2 Å². The molecule has 1 aromatic carbocycles. The number of esters is 1. The number of halogens is 1. The molecule has 6 aliphatic rings. The maximum absolute atomic E-state index is 15.2. The average Bonchev–Trinajstić information content (AvgIpc) is 3.47. The van der Waals surface area contributed by atoms with E-state index in [1.54, 1.807) is 13.0 Å². The Labute approximate surface area is 370 Å². The van der Waals surface area contributed by atoms with Gasteiger partial charge in [-0.2, -0.15) is 0 Å². The van der Waals surface area contributed by atoms with Crippen LogP contribution in [-0.4, -0.2) is 93.5 Å². The van der Waals surface area contributed by atoms with Gasteiger partial charge in [0, 0.05) is 47.1 Å². The van der Waals surface area contributed by atoms with Crippen molar-refractivity contribution >= 4 is 29.3 Å². The van der Waals surface area contributed by atoms with E-state index in [9.17, 15) is 30.0 Å². The van der Waals surface area contributed by atoms with Gasteiger partial charge < -0.3 is 45.3 Å². The van der Waals surface area contributed by atoms with Crippen LogP contribution in [0.2, 0.25) is 5.02 Å². The molecule has 2 bridgehead atoms. The number of rotatable bonds is 8. The third-order valence-corrected chi connectivity index (χ3v) is 15.6. The van der Waals surface area contributed by atoms with Gasteiger partial charge in [0.15, 0.2) is 11.9 Å². The first-order valence-electron chi connectivity index (χ1n) is 22.5. The second-order valence-corrected chi connectivity index (χ2v) is 19.3. The predicted molar refractivity (Wildman–Crippen MR) is 235 cm³/mol. The zero-order chi connectivity index (χ0) is 45.0. The van der Waals surface area contributed by atoms with Crippen LogP contribution in [0.1, 0.15) is 102 Å². The number of phenolic OH excluding ortho intramolecular Hbond substituents is 1. The lowest BCUT2D eigenvalue weighted by molar-refractivity contribution is -0.215. The Morgan fingerprint density at radius 3 is 2.48 bits per heavy atom. The molecule has 1 saturated carbocycles. The average molecular weight is 878 g/mol. The highest BCUT2D eigenvalue weighted by Gasteiger charge is 2.63. The van der Waals surface area contributed by atoms with Crippen LogP contribution in [0.25, 0.3) is 0 Å². The number of benzene rings is 1. The summed E-state index contributed by atoms with van der Waals surface area (Å²) in [6.45, 7) is 13.5. The number of nitrogens with one attached hydrogen (secondary N) is 2. The summed E-state index contributed by atoms with van der Waals surface area (Å²) in [4.78, 5) is 43.0. The number of aliphatic hydroxyl groups is 3. The molecule has 6 N–H and O–H groups in total. The van der Waals surface area contributed by atoms with Crippen LogP contribution in [0, 0.1) is 47.8 Å². The SMILES string of the molecule is CCCC1C=CC2/C=C(\C)C(O[C@H]3C[C@@H](NC)[C@@H](NC(=O)c4c(O)ccc(Cl)c4C)[C@@H](C)O3)C/C=C/C3C(CC)=CC4C(O)C(O)CC(C)C4C3(C)/C(O)=C3/C(=O)OC2(C1)C3=O. The standard InChI is InChI=1S/C49H65ClN2O10/c1-9-12-28-15-16-30-19-24(3)37(61-38-22-34(51-8)42(27(6)60-38)52-46(58)39-26(5)33(50)17-18-35(39)53)14-11-13-32-29(10-2)21-31-41(25(4)20-36(54)43(31)55)48(32,7)44(56)40-45(57)49(30,23-28)62-47(40)59/h11,13,15-19,21,25,27-28,30-32,34,36-38,41-43,51,53-56H,9-10,12,14,20,22-23H2,1-8H3,(H,52,58)/b13-11+,24-19+,44-40-/t25?,27-,28?,30?,31?,32?,34-,36?,37?,38+,41?,42+,43?,48?,49?/m1/s1. The highest BCUT2D eigenvalue weighted by molar-refractivity contribution is 6.32. The van der Waals surface area contributed by atoms with Crippen LogP contribution in [0.5, 0.6) is 5.75 Å². The number of fused-ring (bicyclic) bond motifs is 4. The monoisotopic (exact) mass is 876 g/mol. The van der Waals surface area contributed by atoms with Crippen molar-refractivity contribution < 1.29 is 49.0 Å². The molecular formula is C49H65ClN2O10. The summed E-state index contributed by atoms with van der Waals surface area (Å²) in [6.07, 6.45) is 11.8. The summed E-state index contributed by atoms with van der Waals surface area (Å²) in [7, 11) is 1.81. The number of aliphatic hydroxyl groups excluding tert-OH is 3. The molecule has 3 fully saturated rings. The summed E-state index contributed by atoms with van der Waals surface area (Å²) < 4.78 is 19.7. The second-order valence-electron chi connectivity index (χ2n) is 18.9. The fourth-order valence-electron chi connectivity index (χ4n) is 11.9. The van der Waals surface area contributed by atoms with Crippen LogP contribution in [0.4, 0.5) is 0 Å². The van der Waals surface area contributed by atoms with Gasteiger partial charge in [0.1, 0.15) is 17.1 Å². The molecule has 15 atom stereocenters. The highest BCUT2D eigenvalue weighted by Crippen LogP contribution is 2.60. The van der Waals surface area contributed by atoms with E-state index < -0.39 is 89.1 Å². The van der Waals surface area contributed by atoms with Gasteiger partial charge in [-0.25, -0.2) is 4.79 Å². The van der Waals surface area contributed by atoms with E-state index in [1.807, 2.05) is 72.0 Å². The second kappa shape index (κ2) is 18.0. The molecule has 12 nitrogen and oxygen atoms in total. The van der Waals surface area contributed by atoms with Gasteiger partial charge in [-0.05, 0) is 94.5 Å². The fourth-order valence-corrected chi connectivity index (χ4v) is 12.1. The van der Waals surface area contributed by atoms with Crippen molar-refractivity contribution in [2.45, 2.75) is 142 Å². The number of carbonyl (C=O) groups excluding carboxylic acids is 3. The van der Waals surface area contributed by atoms with Crippen molar-refractivity contribution in [3.63, 3.8) is 0 Å². The lowest BCUT2D eigenvalue weighted by atomic mass is 9.49. The molecular weight excluding hydrogens is 812 g/mol. The van der Waals surface area contributed by atoms with Gasteiger partial charge in [0.2, 0.25) is 5.78 Å². The Morgan fingerprint density at radius 1 is 1.05 bits per heavy atom. The van der Waals surface area contributed by atoms with E-state index in [4.69, 9.17) is 25.8 Å². The van der Waals surface area contributed by atoms with Gasteiger partial charge in [-0.15, -0.1) is 0 Å². The number of phenols is 1. The van der Waals surface area contributed by atoms with Crippen LogP contribution >= 0.6 is 11.6 Å². The largest absolute Gasteiger partial charge is 0.511 e. The Bertz CT molecular complexity index is 2090. The van der Waals surface area contributed by atoms with E-state index in [0.717, 1.165) is 24.0 Å². The number of hydrogen-bond acceptors (Lipinski definition) is 11. The first kappa shape index (κ1) is 46.2. The Morgan fingerprint density at radius 2 is 1.79 bits per heavy atom. The molecule has 7 rings (SSSR count). The number of ether oxygens (including phenoxy) is 3. The molecule has 2 heterocycles. The highest BCUT2D eigenvalue weighted by atomic mass is 35.5. The summed E-state index contributed by atoms with van der Waals surface area (Å²) >= 11 is 6.31. The molecule has 13 heteroatoms. The van der Waals surface area contributed by atoms with Crippen LogP contribution < -0.4 is 10.6 Å². The quantitative estimate of drug-likeness (QED) is 0.0890. The van der Waals surface area contributed by atoms with Gasteiger partial charge in [0.25, 0.3) is 5.91 Å².